The molecule has 0 aliphatic carbocycles. The third kappa shape index (κ3) is 2.90. The molecule has 5 heteroatoms. The Kier molecular flexibility index (Phi) is 4.20. The molecule has 1 aromatic rings. The van der Waals surface area contributed by atoms with Gasteiger partial charge < -0.3 is 15.6 Å². The van der Waals surface area contributed by atoms with Crippen molar-refractivity contribution >= 4 is 0 Å². The maximum Gasteiger partial charge on any atom is 0.289 e. The van der Waals surface area contributed by atoms with Crippen LogP contribution in [0.2, 0.25) is 0 Å². The van der Waals surface area contributed by atoms with E-state index in [1.165, 1.54) is 12.1 Å². The Morgan fingerprint density at radius 2 is 2.19 bits per heavy atom. The fourth-order valence-electron chi connectivity index (χ4n) is 1.31. The lowest BCUT2D eigenvalue weighted by Gasteiger charge is -2.22. The molecule has 0 radical (unpaired) electrons. The molecule has 0 saturated heterocycles. The lowest BCUT2D eigenvalue weighted by atomic mass is 10.0. The second-order valence-electron chi connectivity index (χ2n) is 3.40. The molecule has 0 aliphatic heterocycles. The monoisotopic (exact) mass is 231 g/mol. The molecule has 0 spiro atoms. The van der Waals surface area contributed by atoms with Crippen LogP contribution >= 0.6 is 0 Å². The number of alkyl halides is 2. The summed E-state index contributed by atoms with van der Waals surface area (Å²) < 4.78 is 31.4. The number of benzene rings is 1. The highest BCUT2D eigenvalue weighted by molar-refractivity contribution is 5.31. The smallest absolute Gasteiger partial charge is 0.289 e. The van der Waals surface area contributed by atoms with Gasteiger partial charge in [0.1, 0.15) is 12.4 Å². The summed E-state index contributed by atoms with van der Waals surface area (Å²) in [6, 6.07) is 4.66. The molecule has 0 bridgehead atoms. The molecule has 0 amide bonds. The van der Waals surface area contributed by atoms with Gasteiger partial charge in [-0.05, 0) is 24.6 Å². The highest BCUT2D eigenvalue weighted by Gasteiger charge is 2.37. The summed E-state index contributed by atoms with van der Waals surface area (Å²) in [5, 5.41) is 8.54. The fourth-order valence-corrected chi connectivity index (χ4v) is 1.31. The van der Waals surface area contributed by atoms with Crippen molar-refractivity contribution in [1.29, 1.82) is 0 Å². The SMILES string of the molecule is CCOc1cccc([C@@H](N)C(F)(F)CO)c1. The average Bonchev–Trinajstić information content (AvgIpc) is 2.29. The molecule has 3 nitrogen and oxygen atoms in total. The van der Waals surface area contributed by atoms with E-state index in [0.29, 0.717) is 12.4 Å². The van der Waals surface area contributed by atoms with E-state index in [4.69, 9.17) is 15.6 Å². The average molecular weight is 231 g/mol. The second kappa shape index (κ2) is 5.23. The minimum absolute atomic E-state index is 0.241. The highest BCUT2D eigenvalue weighted by Crippen LogP contribution is 2.30. The first-order chi connectivity index (χ1) is 7.51. The van der Waals surface area contributed by atoms with Crippen LogP contribution in [0.4, 0.5) is 8.78 Å². The predicted octanol–water partition coefficient (Wildman–Crippen LogP) is 1.71. The first-order valence-electron chi connectivity index (χ1n) is 4.98. The van der Waals surface area contributed by atoms with Crippen LogP contribution in [0.25, 0.3) is 0 Å². The van der Waals surface area contributed by atoms with Crippen LogP contribution in [0.3, 0.4) is 0 Å². The van der Waals surface area contributed by atoms with Gasteiger partial charge in [-0.2, -0.15) is 0 Å². The van der Waals surface area contributed by atoms with E-state index in [2.05, 4.69) is 0 Å². The summed E-state index contributed by atoms with van der Waals surface area (Å²) in [5.74, 6) is -2.84. The highest BCUT2D eigenvalue weighted by atomic mass is 19.3. The van der Waals surface area contributed by atoms with Gasteiger partial charge in [0.2, 0.25) is 0 Å². The Balaban J connectivity index is 2.91. The number of halogens is 2. The first kappa shape index (κ1) is 12.9. The maximum absolute atomic E-state index is 13.1. The minimum Gasteiger partial charge on any atom is -0.494 e. The van der Waals surface area contributed by atoms with Crippen LogP contribution in [0.15, 0.2) is 24.3 Å². The van der Waals surface area contributed by atoms with Gasteiger partial charge in [-0.15, -0.1) is 0 Å². The van der Waals surface area contributed by atoms with E-state index in [1.807, 2.05) is 0 Å². The van der Waals surface area contributed by atoms with Gasteiger partial charge in [0.15, 0.2) is 0 Å². The minimum atomic E-state index is -3.33. The number of ether oxygens (including phenoxy) is 1. The molecule has 90 valence electrons. The summed E-state index contributed by atoms with van der Waals surface area (Å²) in [7, 11) is 0. The van der Waals surface area contributed by atoms with Crippen molar-refractivity contribution in [2.24, 2.45) is 5.73 Å². The Labute approximate surface area is 92.8 Å². The number of aliphatic hydroxyl groups is 1. The normalized spacial score (nSPS) is 13.6. The lowest BCUT2D eigenvalue weighted by molar-refractivity contribution is -0.0712. The van der Waals surface area contributed by atoms with Gasteiger partial charge in [0.05, 0.1) is 12.6 Å². The number of hydrogen-bond acceptors (Lipinski definition) is 3. The van der Waals surface area contributed by atoms with Gasteiger partial charge in [0, 0.05) is 0 Å². The maximum atomic E-state index is 13.1. The van der Waals surface area contributed by atoms with Gasteiger partial charge in [-0.25, -0.2) is 8.78 Å². The molecule has 0 aliphatic rings. The zero-order valence-corrected chi connectivity index (χ0v) is 8.99. The predicted molar refractivity (Wildman–Crippen MR) is 56.6 cm³/mol. The van der Waals surface area contributed by atoms with Crippen LogP contribution in [-0.2, 0) is 0 Å². The summed E-state index contributed by atoms with van der Waals surface area (Å²) in [6.45, 7) is 0.983. The van der Waals surface area contributed by atoms with Crippen molar-refractivity contribution in [1.82, 2.24) is 0 Å². The number of aliphatic hydroxyl groups excluding tert-OH is 1. The van der Waals surface area contributed by atoms with E-state index in [9.17, 15) is 8.78 Å². The molecular weight excluding hydrogens is 216 g/mol. The number of hydrogen-bond donors (Lipinski definition) is 2. The van der Waals surface area contributed by atoms with Crippen LogP contribution < -0.4 is 10.5 Å². The van der Waals surface area contributed by atoms with E-state index in [1.54, 1.807) is 19.1 Å². The van der Waals surface area contributed by atoms with Crippen molar-refractivity contribution in [3.63, 3.8) is 0 Å². The van der Waals surface area contributed by atoms with E-state index in [0.717, 1.165) is 0 Å². The molecule has 16 heavy (non-hydrogen) atoms. The van der Waals surface area contributed by atoms with E-state index in [-0.39, 0.29) is 5.56 Å². The first-order valence-corrected chi connectivity index (χ1v) is 4.98. The molecule has 1 rings (SSSR count). The molecule has 0 saturated carbocycles. The van der Waals surface area contributed by atoms with Crippen LogP contribution in [-0.4, -0.2) is 24.2 Å². The third-order valence-electron chi connectivity index (χ3n) is 2.19. The molecule has 0 heterocycles. The summed E-state index contributed by atoms with van der Waals surface area (Å²) in [5.41, 5.74) is 5.62. The molecule has 1 aromatic carbocycles. The Morgan fingerprint density at radius 3 is 2.75 bits per heavy atom. The van der Waals surface area contributed by atoms with Crippen molar-refractivity contribution in [3.05, 3.63) is 29.8 Å². The molecule has 0 aromatic heterocycles. The van der Waals surface area contributed by atoms with Crippen molar-refractivity contribution < 1.29 is 18.6 Å². The molecule has 0 unspecified atom stereocenters. The van der Waals surface area contributed by atoms with E-state index < -0.39 is 18.6 Å². The summed E-state index contributed by atoms with van der Waals surface area (Å²) >= 11 is 0. The molecule has 3 N–H and O–H groups in total. The van der Waals surface area contributed by atoms with Gasteiger partial charge in [0.25, 0.3) is 5.92 Å². The number of nitrogens with two attached hydrogens (primary N) is 1. The zero-order chi connectivity index (χ0) is 12.2. The van der Waals surface area contributed by atoms with Crippen LogP contribution in [0.1, 0.15) is 18.5 Å². The standard InChI is InChI=1S/C11H15F2NO2/c1-2-16-9-5-3-4-8(6-9)10(14)11(12,13)7-15/h3-6,10,15H,2,7,14H2,1H3/t10-/m1/s1. The molecule has 0 fully saturated rings. The van der Waals surface area contributed by atoms with Crippen LogP contribution in [0, 0.1) is 0 Å². The summed E-state index contributed by atoms with van der Waals surface area (Å²) in [4.78, 5) is 0. The quantitative estimate of drug-likeness (QED) is 0.811. The second-order valence-corrected chi connectivity index (χ2v) is 3.40. The van der Waals surface area contributed by atoms with Gasteiger partial charge in [-0.3, -0.25) is 0 Å². The fraction of sp³-hybridized carbons (Fsp3) is 0.455. The van der Waals surface area contributed by atoms with Gasteiger partial charge >= 0.3 is 0 Å². The molecular formula is C11H15F2NO2. The zero-order valence-electron chi connectivity index (χ0n) is 8.99. The molecule has 1 atom stereocenters. The van der Waals surface area contributed by atoms with Crippen molar-refractivity contribution in [3.8, 4) is 5.75 Å². The van der Waals surface area contributed by atoms with Crippen molar-refractivity contribution in [2.45, 2.75) is 18.9 Å². The summed E-state index contributed by atoms with van der Waals surface area (Å²) in [6.07, 6.45) is 0. The number of rotatable bonds is 5. The van der Waals surface area contributed by atoms with Crippen molar-refractivity contribution in [2.75, 3.05) is 13.2 Å². The largest absolute Gasteiger partial charge is 0.494 e. The Morgan fingerprint density at radius 1 is 1.50 bits per heavy atom. The van der Waals surface area contributed by atoms with E-state index >= 15 is 0 Å². The topological polar surface area (TPSA) is 55.5 Å². The Hall–Kier alpha value is -1.20. The third-order valence-corrected chi connectivity index (χ3v) is 2.19. The Bertz CT molecular complexity index is 345. The van der Waals surface area contributed by atoms with Gasteiger partial charge in [-0.1, -0.05) is 12.1 Å². The lowest BCUT2D eigenvalue weighted by Crippen LogP contribution is -2.36. The van der Waals surface area contributed by atoms with Crippen LogP contribution in [0.5, 0.6) is 5.75 Å².